The number of carbonyl (C=O) groups is 1. The molecule has 1 aromatic heterocycles. The zero-order chi connectivity index (χ0) is 15.4. The van der Waals surface area contributed by atoms with Crippen LogP contribution in [-0.4, -0.2) is 45.1 Å². The van der Waals surface area contributed by atoms with Gasteiger partial charge in [0.05, 0.1) is 17.9 Å². The van der Waals surface area contributed by atoms with Gasteiger partial charge in [-0.15, -0.1) is 0 Å². The van der Waals surface area contributed by atoms with Crippen LogP contribution >= 0.6 is 0 Å². The Morgan fingerprint density at radius 1 is 1.38 bits per heavy atom. The first kappa shape index (κ1) is 15.1. The van der Waals surface area contributed by atoms with E-state index in [2.05, 4.69) is 15.5 Å². The van der Waals surface area contributed by atoms with E-state index in [0.29, 0.717) is 11.3 Å². The van der Waals surface area contributed by atoms with Gasteiger partial charge in [-0.1, -0.05) is 0 Å². The summed E-state index contributed by atoms with van der Waals surface area (Å²) in [5.41, 5.74) is 1.40. The summed E-state index contributed by atoms with van der Waals surface area (Å²) in [5.74, 6) is -0.796. The minimum atomic E-state index is -1.03. The van der Waals surface area contributed by atoms with Crippen LogP contribution in [0.1, 0.15) is 17.4 Å². The minimum absolute atomic E-state index is 0.0681. The highest BCUT2D eigenvalue weighted by atomic mass is 19.1. The van der Waals surface area contributed by atoms with E-state index in [9.17, 15) is 14.3 Å². The smallest absolute Gasteiger partial charge is 0.269 e. The van der Waals surface area contributed by atoms with Crippen LogP contribution in [0.5, 0.6) is 0 Å². The number of aliphatic hydroxyl groups is 2. The Hall–Kier alpha value is -2.25. The number of hydrogen-bond donors (Lipinski definition) is 4. The van der Waals surface area contributed by atoms with Gasteiger partial charge < -0.3 is 15.5 Å². The maximum atomic E-state index is 12.8. The number of aromatic amines is 1. The first-order chi connectivity index (χ1) is 9.97. The van der Waals surface area contributed by atoms with Crippen LogP contribution in [-0.2, 0) is 0 Å². The zero-order valence-corrected chi connectivity index (χ0v) is 11.4. The summed E-state index contributed by atoms with van der Waals surface area (Å²) in [6.45, 7) is 1.36. The lowest BCUT2D eigenvalue weighted by atomic mass is 10.1. The van der Waals surface area contributed by atoms with E-state index in [0.717, 1.165) is 0 Å². The van der Waals surface area contributed by atoms with Crippen LogP contribution in [0.15, 0.2) is 30.3 Å². The maximum absolute atomic E-state index is 12.8. The Balaban J connectivity index is 2.02. The Bertz CT molecular complexity index is 610. The Morgan fingerprint density at radius 2 is 2.05 bits per heavy atom. The normalized spacial score (nSPS) is 13.7. The number of H-pyrrole nitrogens is 1. The average molecular weight is 293 g/mol. The van der Waals surface area contributed by atoms with E-state index in [1.807, 2.05) is 0 Å². The third kappa shape index (κ3) is 3.87. The van der Waals surface area contributed by atoms with Gasteiger partial charge in [0.15, 0.2) is 0 Å². The van der Waals surface area contributed by atoms with Gasteiger partial charge in [0.25, 0.3) is 5.91 Å². The fraction of sp³-hybridized carbons (Fsp3) is 0.286. The van der Waals surface area contributed by atoms with Crippen molar-refractivity contribution in [3.8, 4) is 11.3 Å². The first-order valence-corrected chi connectivity index (χ1v) is 6.43. The van der Waals surface area contributed by atoms with Crippen LogP contribution in [0.25, 0.3) is 11.3 Å². The van der Waals surface area contributed by atoms with Crippen LogP contribution < -0.4 is 5.32 Å². The summed E-state index contributed by atoms with van der Waals surface area (Å²) in [7, 11) is 0. The van der Waals surface area contributed by atoms with Crippen molar-refractivity contribution >= 4 is 5.91 Å². The molecule has 4 N–H and O–H groups in total. The number of rotatable bonds is 5. The number of hydrogen-bond acceptors (Lipinski definition) is 4. The van der Waals surface area contributed by atoms with Crippen molar-refractivity contribution in [1.29, 1.82) is 0 Å². The van der Waals surface area contributed by atoms with Crippen molar-refractivity contribution in [1.82, 2.24) is 15.5 Å². The molecule has 0 radical (unpaired) electrons. The Kier molecular flexibility index (Phi) is 4.66. The summed E-state index contributed by atoms with van der Waals surface area (Å²) in [4.78, 5) is 11.8. The molecule has 2 aromatic rings. The van der Waals surface area contributed by atoms with Crippen LogP contribution in [0.3, 0.4) is 0 Å². The predicted octanol–water partition coefficient (Wildman–Crippen LogP) is 0.687. The first-order valence-electron chi connectivity index (χ1n) is 6.43. The molecule has 7 heteroatoms. The van der Waals surface area contributed by atoms with E-state index in [1.54, 1.807) is 12.1 Å². The lowest BCUT2D eigenvalue weighted by Crippen LogP contribution is -2.37. The maximum Gasteiger partial charge on any atom is 0.269 e. The van der Waals surface area contributed by atoms with Crippen LogP contribution in [0.2, 0.25) is 0 Å². The van der Waals surface area contributed by atoms with Crippen molar-refractivity contribution in [3.63, 3.8) is 0 Å². The third-order valence-corrected chi connectivity index (χ3v) is 2.99. The quantitative estimate of drug-likeness (QED) is 0.652. The van der Waals surface area contributed by atoms with Gasteiger partial charge in [-0.05, 0) is 37.3 Å². The molecule has 1 heterocycles. The summed E-state index contributed by atoms with van der Waals surface area (Å²) in [6, 6.07) is 7.26. The number of nitrogens with one attached hydrogen (secondary N) is 2. The second kappa shape index (κ2) is 6.47. The lowest BCUT2D eigenvalue weighted by Gasteiger charge is -2.13. The molecule has 0 spiro atoms. The van der Waals surface area contributed by atoms with E-state index in [-0.39, 0.29) is 18.1 Å². The molecule has 0 aliphatic rings. The number of amides is 1. The number of benzene rings is 1. The van der Waals surface area contributed by atoms with Crippen molar-refractivity contribution in [2.75, 3.05) is 6.54 Å². The van der Waals surface area contributed by atoms with E-state index in [1.165, 1.54) is 25.1 Å². The number of carbonyl (C=O) groups excluding carboxylic acids is 1. The van der Waals surface area contributed by atoms with Gasteiger partial charge in [0, 0.05) is 12.1 Å². The van der Waals surface area contributed by atoms with Crippen LogP contribution in [0, 0.1) is 5.82 Å². The molecular formula is C14H16FN3O3. The molecular weight excluding hydrogens is 277 g/mol. The lowest BCUT2D eigenvalue weighted by molar-refractivity contribution is 0.0314. The molecule has 0 saturated heterocycles. The fourth-order valence-electron chi connectivity index (χ4n) is 1.67. The molecule has 2 unspecified atom stereocenters. The average Bonchev–Trinajstić information content (AvgIpc) is 2.94. The standard InChI is InChI=1S/C14H16FN3O3/c1-8(19)13(20)7-16-14(21)12-6-11(17-18-12)9-2-4-10(15)5-3-9/h2-6,8,13,19-20H,7H2,1H3,(H,16,21)(H,17,18). The molecule has 6 nitrogen and oxygen atoms in total. The number of nitrogens with zero attached hydrogens (tertiary/aromatic N) is 1. The van der Waals surface area contributed by atoms with Crippen molar-refractivity contribution in [2.24, 2.45) is 0 Å². The predicted molar refractivity (Wildman–Crippen MR) is 74.0 cm³/mol. The SMILES string of the molecule is CC(O)C(O)CNC(=O)c1cc(-c2ccc(F)cc2)n[nH]1. The summed E-state index contributed by atoms with van der Waals surface area (Å²) in [6.07, 6.45) is -1.96. The second-order valence-corrected chi connectivity index (χ2v) is 4.69. The second-order valence-electron chi connectivity index (χ2n) is 4.69. The molecule has 21 heavy (non-hydrogen) atoms. The monoisotopic (exact) mass is 293 g/mol. The highest BCUT2D eigenvalue weighted by molar-refractivity contribution is 5.93. The van der Waals surface area contributed by atoms with Gasteiger partial charge in [0.2, 0.25) is 0 Å². The van der Waals surface area contributed by atoms with Crippen molar-refractivity contribution in [3.05, 3.63) is 41.8 Å². The van der Waals surface area contributed by atoms with Gasteiger partial charge in [-0.3, -0.25) is 9.89 Å². The molecule has 1 amide bonds. The molecule has 0 bridgehead atoms. The van der Waals surface area contributed by atoms with E-state index < -0.39 is 18.1 Å². The molecule has 0 aliphatic carbocycles. The molecule has 1 aromatic carbocycles. The molecule has 0 aliphatic heterocycles. The topological polar surface area (TPSA) is 98.2 Å². The highest BCUT2D eigenvalue weighted by Crippen LogP contribution is 2.17. The zero-order valence-electron chi connectivity index (χ0n) is 11.4. The van der Waals surface area contributed by atoms with Gasteiger partial charge >= 0.3 is 0 Å². The molecule has 0 fully saturated rings. The van der Waals surface area contributed by atoms with Gasteiger partial charge in [0.1, 0.15) is 11.5 Å². The number of aromatic nitrogens is 2. The summed E-state index contributed by atoms with van der Waals surface area (Å²) in [5, 5.41) is 27.6. The summed E-state index contributed by atoms with van der Waals surface area (Å²) >= 11 is 0. The Morgan fingerprint density at radius 3 is 2.67 bits per heavy atom. The van der Waals surface area contributed by atoms with Gasteiger partial charge in [-0.2, -0.15) is 5.10 Å². The minimum Gasteiger partial charge on any atom is -0.391 e. The highest BCUT2D eigenvalue weighted by Gasteiger charge is 2.15. The third-order valence-electron chi connectivity index (χ3n) is 2.99. The van der Waals surface area contributed by atoms with Crippen molar-refractivity contribution < 1.29 is 19.4 Å². The molecule has 112 valence electrons. The molecule has 2 atom stereocenters. The van der Waals surface area contributed by atoms with E-state index in [4.69, 9.17) is 5.11 Å². The van der Waals surface area contributed by atoms with Gasteiger partial charge in [-0.25, -0.2) is 4.39 Å². The fourth-order valence-corrected chi connectivity index (χ4v) is 1.67. The summed E-state index contributed by atoms with van der Waals surface area (Å²) < 4.78 is 12.8. The largest absolute Gasteiger partial charge is 0.391 e. The van der Waals surface area contributed by atoms with Crippen LogP contribution in [0.4, 0.5) is 4.39 Å². The molecule has 0 saturated carbocycles. The van der Waals surface area contributed by atoms with Crippen molar-refractivity contribution in [2.45, 2.75) is 19.1 Å². The number of aliphatic hydroxyl groups excluding tert-OH is 2. The molecule has 2 rings (SSSR count). The van der Waals surface area contributed by atoms with E-state index >= 15 is 0 Å². The number of halogens is 1. The Labute approximate surface area is 120 Å².